The number of halogens is 1. The van der Waals surface area contributed by atoms with Crippen molar-refractivity contribution in [3.8, 4) is 6.07 Å². The second-order valence-electron chi connectivity index (χ2n) is 5.52. The monoisotopic (exact) mass is 278 g/mol. The molecule has 2 saturated heterocycles. The smallest absolute Gasteiger partial charge is 0.147 e. The largest absolute Gasteiger partial charge is 0.391 e. The van der Waals surface area contributed by atoms with E-state index in [-0.39, 0.29) is 18.2 Å². The summed E-state index contributed by atoms with van der Waals surface area (Å²) >= 11 is 5.89. The van der Waals surface area contributed by atoms with Crippen LogP contribution >= 0.6 is 11.6 Å². The first-order chi connectivity index (χ1) is 9.05. The van der Waals surface area contributed by atoms with Crippen LogP contribution in [0.25, 0.3) is 0 Å². The average molecular weight is 279 g/mol. The Hall–Kier alpha value is -1.22. The molecule has 5 nitrogen and oxygen atoms in total. The van der Waals surface area contributed by atoms with E-state index >= 15 is 0 Å². The molecule has 100 valence electrons. The first-order valence-corrected chi connectivity index (χ1v) is 6.73. The molecule has 6 heteroatoms. The average Bonchev–Trinajstić information content (AvgIpc) is 2.58. The van der Waals surface area contributed by atoms with E-state index < -0.39 is 5.41 Å². The van der Waals surface area contributed by atoms with Gasteiger partial charge in [-0.25, -0.2) is 4.98 Å². The third kappa shape index (κ3) is 1.91. The summed E-state index contributed by atoms with van der Waals surface area (Å²) in [5.41, 5.74) is -0.0586. The Morgan fingerprint density at radius 3 is 2.95 bits per heavy atom. The maximum Gasteiger partial charge on any atom is 0.147 e. The molecule has 2 aliphatic rings. The highest BCUT2D eigenvalue weighted by Gasteiger charge is 2.52. The van der Waals surface area contributed by atoms with Gasteiger partial charge in [-0.2, -0.15) is 5.26 Å². The molecule has 2 fully saturated rings. The zero-order chi connectivity index (χ0) is 13.6. The van der Waals surface area contributed by atoms with Crippen LogP contribution in [0.4, 0.5) is 0 Å². The Bertz CT molecular complexity index is 546. The number of aliphatic hydroxyl groups is 1. The van der Waals surface area contributed by atoms with Gasteiger partial charge in [0.05, 0.1) is 30.3 Å². The molecular weight excluding hydrogens is 264 g/mol. The van der Waals surface area contributed by atoms with Gasteiger partial charge in [0.2, 0.25) is 0 Å². The van der Waals surface area contributed by atoms with E-state index in [1.807, 2.05) is 7.05 Å². The number of rotatable bonds is 1. The van der Waals surface area contributed by atoms with Gasteiger partial charge in [-0.15, -0.1) is 0 Å². The highest BCUT2D eigenvalue weighted by atomic mass is 35.5. The molecule has 4 atom stereocenters. The fraction of sp³-hybridized carbons (Fsp3) is 0.615. The van der Waals surface area contributed by atoms with Crippen LogP contribution in [-0.2, 0) is 5.41 Å². The topological polar surface area (TPSA) is 73.0 Å². The number of nitrogens with zero attached hydrogens (tertiary/aromatic N) is 4. The molecule has 0 amide bonds. The van der Waals surface area contributed by atoms with Crippen molar-refractivity contribution < 1.29 is 5.11 Å². The van der Waals surface area contributed by atoms with E-state index in [4.69, 9.17) is 11.6 Å². The van der Waals surface area contributed by atoms with Crippen LogP contribution < -0.4 is 0 Å². The molecule has 0 radical (unpaired) electrons. The van der Waals surface area contributed by atoms with E-state index in [0.29, 0.717) is 23.7 Å². The molecular formula is C13H15ClN4O. The van der Waals surface area contributed by atoms with Crippen molar-refractivity contribution in [2.45, 2.75) is 42.9 Å². The van der Waals surface area contributed by atoms with Crippen molar-refractivity contribution >= 4 is 11.6 Å². The lowest BCUT2D eigenvalue weighted by Gasteiger charge is -2.40. The fourth-order valence-corrected chi connectivity index (χ4v) is 3.57. The summed E-state index contributed by atoms with van der Waals surface area (Å²) in [6.45, 7) is 0. The lowest BCUT2D eigenvalue weighted by molar-refractivity contribution is 0.0801. The number of hydrogen-bond acceptors (Lipinski definition) is 5. The van der Waals surface area contributed by atoms with Gasteiger partial charge in [0, 0.05) is 12.1 Å². The number of piperidine rings is 1. The fourth-order valence-electron chi connectivity index (χ4n) is 3.42. The molecule has 0 aromatic carbocycles. The molecule has 3 rings (SSSR count). The van der Waals surface area contributed by atoms with E-state index in [1.165, 1.54) is 6.20 Å². The Morgan fingerprint density at radius 2 is 2.32 bits per heavy atom. The second-order valence-corrected chi connectivity index (χ2v) is 5.91. The van der Waals surface area contributed by atoms with Crippen LogP contribution in [0.2, 0.25) is 5.15 Å². The number of hydrogen-bond donors (Lipinski definition) is 1. The van der Waals surface area contributed by atoms with Gasteiger partial charge in [0.1, 0.15) is 10.6 Å². The van der Waals surface area contributed by atoms with Gasteiger partial charge in [-0.1, -0.05) is 11.6 Å². The Labute approximate surface area is 116 Å². The molecule has 19 heavy (non-hydrogen) atoms. The summed E-state index contributed by atoms with van der Waals surface area (Å²) in [6.07, 6.45) is 4.69. The predicted octanol–water partition coefficient (Wildman–Crippen LogP) is 1.12. The molecule has 3 heterocycles. The van der Waals surface area contributed by atoms with Crippen molar-refractivity contribution in [1.82, 2.24) is 14.9 Å². The van der Waals surface area contributed by atoms with Crippen molar-refractivity contribution in [3.63, 3.8) is 0 Å². The third-order valence-corrected chi connectivity index (χ3v) is 4.69. The van der Waals surface area contributed by atoms with E-state index in [9.17, 15) is 10.4 Å². The van der Waals surface area contributed by atoms with Crippen LogP contribution in [0.5, 0.6) is 0 Å². The maximum atomic E-state index is 10.1. The number of aromatic nitrogens is 2. The van der Waals surface area contributed by atoms with Crippen LogP contribution in [0.1, 0.15) is 25.0 Å². The van der Waals surface area contributed by atoms with Gasteiger partial charge in [-0.05, 0) is 26.3 Å². The van der Waals surface area contributed by atoms with E-state index in [1.54, 1.807) is 6.20 Å². The van der Waals surface area contributed by atoms with Gasteiger partial charge in [0.25, 0.3) is 0 Å². The highest BCUT2D eigenvalue weighted by Crippen LogP contribution is 2.45. The van der Waals surface area contributed by atoms with Gasteiger partial charge in [0.15, 0.2) is 0 Å². The molecule has 1 aromatic heterocycles. The quantitative estimate of drug-likeness (QED) is 0.833. The lowest BCUT2D eigenvalue weighted by atomic mass is 9.74. The minimum absolute atomic E-state index is 0.0131. The van der Waals surface area contributed by atoms with Gasteiger partial charge in [-0.3, -0.25) is 9.88 Å². The number of nitriles is 1. The summed E-state index contributed by atoms with van der Waals surface area (Å²) in [6, 6.07) is 2.63. The van der Waals surface area contributed by atoms with Crippen molar-refractivity contribution in [1.29, 1.82) is 5.26 Å². The zero-order valence-electron chi connectivity index (χ0n) is 10.6. The summed E-state index contributed by atoms with van der Waals surface area (Å²) < 4.78 is 0. The molecule has 1 aromatic rings. The minimum atomic E-state index is -0.683. The SMILES string of the molecule is CN1C2CC(O)C1CC(C#N)(c1cncc(Cl)n1)C2. The van der Waals surface area contributed by atoms with Gasteiger partial charge >= 0.3 is 0 Å². The molecule has 0 aliphatic carbocycles. The Kier molecular flexibility index (Phi) is 2.97. The summed E-state index contributed by atoms with van der Waals surface area (Å²) in [7, 11) is 2.01. The minimum Gasteiger partial charge on any atom is -0.391 e. The standard InChI is InChI=1S/C13H15ClN4O/c1-18-8-2-10(19)9(18)4-13(3-8,7-15)11-5-16-6-12(14)17-11/h5-6,8-10,19H,2-4H2,1H3. The Morgan fingerprint density at radius 1 is 1.53 bits per heavy atom. The second kappa shape index (κ2) is 4.41. The maximum absolute atomic E-state index is 10.1. The first-order valence-electron chi connectivity index (χ1n) is 6.35. The molecule has 1 N–H and O–H groups in total. The number of likely N-dealkylation sites (N-methyl/N-ethyl adjacent to an activating group) is 1. The van der Waals surface area contributed by atoms with Crippen LogP contribution in [0.15, 0.2) is 12.4 Å². The van der Waals surface area contributed by atoms with Gasteiger partial charge < -0.3 is 5.11 Å². The molecule has 2 bridgehead atoms. The summed E-state index contributed by atoms with van der Waals surface area (Å²) in [5.74, 6) is 0. The third-order valence-electron chi connectivity index (χ3n) is 4.51. The molecule has 2 aliphatic heterocycles. The Balaban J connectivity index is 2.01. The summed E-state index contributed by atoms with van der Waals surface area (Å²) in [5, 5.41) is 20.1. The highest BCUT2D eigenvalue weighted by molar-refractivity contribution is 6.29. The van der Waals surface area contributed by atoms with Crippen LogP contribution in [0.3, 0.4) is 0 Å². The van der Waals surface area contributed by atoms with Crippen molar-refractivity contribution in [3.05, 3.63) is 23.2 Å². The van der Waals surface area contributed by atoms with Crippen LogP contribution in [-0.4, -0.2) is 45.2 Å². The van der Waals surface area contributed by atoms with E-state index in [0.717, 1.165) is 6.42 Å². The molecule has 4 unspecified atom stereocenters. The number of aliphatic hydroxyl groups excluding tert-OH is 1. The lowest BCUT2D eigenvalue weighted by Crippen LogP contribution is -2.49. The van der Waals surface area contributed by atoms with E-state index in [2.05, 4.69) is 20.9 Å². The normalized spacial score (nSPS) is 38.1. The zero-order valence-corrected chi connectivity index (χ0v) is 11.4. The first kappa shape index (κ1) is 12.8. The molecule has 0 spiro atoms. The summed E-state index contributed by atoms with van der Waals surface area (Å²) in [4.78, 5) is 10.5. The van der Waals surface area contributed by atoms with Crippen molar-refractivity contribution in [2.24, 2.45) is 0 Å². The van der Waals surface area contributed by atoms with Crippen LogP contribution in [0, 0.1) is 11.3 Å². The predicted molar refractivity (Wildman–Crippen MR) is 69.5 cm³/mol. The molecule has 0 saturated carbocycles. The van der Waals surface area contributed by atoms with Crippen molar-refractivity contribution in [2.75, 3.05) is 7.05 Å². The number of fused-ring (bicyclic) bond motifs is 2.